The van der Waals surface area contributed by atoms with Gasteiger partial charge in [-0.3, -0.25) is 4.90 Å². The Kier molecular flexibility index (Phi) is 4.03. The third kappa shape index (κ3) is 2.86. The highest BCUT2D eigenvalue weighted by molar-refractivity contribution is 5.39. The smallest absolute Gasteiger partial charge is 0.137 e. The van der Waals surface area contributed by atoms with Crippen LogP contribution >= 0.6 is 0 Å². The number of aromatic nitrogens is 2. The second-order valence-corrected chi connectivity index (χ2v) is 5.89. The minimum Gasteiger partial charge on any atom is -0.317 e. The molecule has 0 amide bonds. The molecule has 1 saturated heterocycles. The zero-order valence-electron chi connectivity index (χ0n) is 12.4. The maximum absolute atomic E-state index is 4.69. The van der Waals surface area contributed by atoms with Crippen molar-refractivity contribution in [3.05, 3.63) is 36.3 Å². The molecule has 20 heavy (non-hydrogen) atoms. The molecule has 1 fully saturated rings. The molecule has 1 unspecified atom stereocenters. The number of rotatable bonds is 4. The van der Waals surface area contributed by atoms with E-state index in [1.165, 1.54) is 31.6 Å². The SMILES string of the molecule is CNC(C)C1CCN(Cc2cn3ccccc3n2)CC1. The van der Waals surface area contributed by atoms with E-state index < -0.39 is 0 Å². The third-order valence-corrected chi connectivity index (χ3v) is 4.59. The van der Waals surface area contributed by atoms with Crippen LogP contribution in [0.15, 0.2) is 30.6 Å². The van der Waals surface area contributed by atoms with Crippen molar-refractivity contribution in [1.82, 2.24) is 19.6 Å². The molecule has 0 aliphatic carbocycles. The van der Waals surface area contributed by atoms with Gasteiger partial charge in [0.2, 0.25) is 0 Å². The summed E-state index contributed by atoms with van der Waals surface area (Å²) in [6, 6.07) is 6.77. The molecule has 4 nitrogen and oxygen atoms in total. The van der Waals surface area contributed by atoms with Crippen LogP contribution in [-0.4, -0.2) is 40.5 Å². The number of likely N-dealkylation sites (tertiary alicyclic amines) is 1. The number of hydrogen-bond donors (Lipinski definition) is 1. The van der Waals surface area contributed by atoms with Crippen LogP contribution in [-0.2, 0) is 6.54 Å². The van der Waals surface area contributed by atoms with Crippen LogP contribution in [0.4, 0.5) is 0 Å². The van der Waals surface area contributed by atoms with Crippen LogP contribution < -0.4 is 5.32 Å². The number of hydrogen-bond acceptors (Lipinski definition) is 3. The predicted octanol–water partition coefficient (Wildman–Crippen LogP) is 2.15. The number of fused-ring (bicyclic) bond motifs is 1. The van der Waals surface area contributed by atoms with Crippen molar-refractivity contribution < 1.29 is 0 Å². The summed E-state index contributed by atoms with van der Waals surface area (Å²) in [5.74, 6) is 0.817. The Morgan fingerprint density at radius 3 is 2.85 bits per heavy atom. The van der Waals surface area contributed by atoms with Gasteiger partial charge in [-0.05, 0) is 58.0 Å². The van der Waals surface area contributed by atoms with E-state index in [9.17, 15) is 0 Å². The highest BCUT2D eigenvalue weighted by Crippen LogP contribution is 2.21. The molecular formula is C16H24N4. The fourth-order valence-corrected chi connectivity index (χ4v) is 3.14. The molecule has 1 atom stereocenters. The Hall–Kier alpha value is -1.39. The van der Waals surface area contributed by atoms with Gasteiger partial charge in [-0.15, -0.1) is 0 Å². The van der Waals surface area contributed by atoms with E-state index in [0.29, 0.717) is 6.04 Å². The normalized spacial score (nSPS) is 19.5. The largest absolute Gasteiger partial charge is 0.317 e. The lowest BCUT2D eigenvalue weighted by molar-refractivity contribution is 0.157. The van der Waals surface area contributed by atoms with Crippen LogP contribution in [0.5, 0.6) is 0 Å². The monoisotopic (exact) mass is 272 g/mol. The minimum absolute atomic E-state index is 0.632. The topological polar surface area (TPSA) is 32.6 Å². The second-order valence-electron chi connectivity index (χ2n) is 5.89. The summed E-state index contributed by atoms with van der Waals surface area (Å²) >= 11 is 0. The lowest BCUT2D eigenvalue weighted by atomic mass is 9.90. The molecule has 1 N–H and O–H groups in total. The highest BCUT2D eigenvalue weighted by atomic mass is 15.1. The first-order valence-corrected chi connectivity index (χ1v) is 7.58. The molecule has 2 aromatic rings. The van der Waals surface area contributed by atoms with Crippen LogP contribution in [0.3, 0.4) is 0 Å². The van der Waals surface area contributed by atoms with Gasteiger partial charge in [0, 0.05) is 25.0 Å². The van der Waals surface area contributed by atoms with Crippen LogP contribution in [0, 0.1) is 5.92 Å². The number of piperidine rings is 1. The first kappa shape index (κ1) is 13.6. The molecule has 0 bridgehead atoms. The maximum atomic E-state index is 4.69. The summed E-state index contributed by atoms with van der Waals surface area (Å²) in [5, 5.41) is 3.38. The minimum atomic E-state index is 0.632. The van der Waals surface area contributed by atoms with Crippen molar-refractivity contribution in [2.24, 2.45) is 5.92 Å². The van der Waals surface area contributed by atoms with Crippen LogP contribution in [0.1, 0.15) is 25.5 Å². The molecule has 3 heterocycles. The van der Waals surface area contributed by atoms with Gasteiger partial charge in [-0.2, -0.15) is 0 Å². The van der Waals surface area contributed by atoms with Crippen molar-refractivity contribution in [2.45, 2.75) is 32.4 Å². The first-order valence-electron chi connectivity index (χ1n) is 7.58. The molecule has 2 aromatic heterocycles. The summed E-state index contributed by atoms with van der Waals surface area (Å²) in [5.41, 5.74) is 2.22. The van der Waals surface area contributed by atoms with Crippen molar-refractivity contribution in [3.8, 4) is 0 Å². The van der Waals surface area contributed by atoms with Gasteiger partial charge in [-0.25, -0.2) is 4.98 Å². The zero-order valence-corrected chi connectivity index (χ0v) is 12.4. The standard InChI is InChI=1S/C16H24N4/c1-13(17-2)14-6-9-19(10-7-14)11-15-12-20-8-4-3-5-16(20)18-15/h3-5,8,12-14,17H,6-7,9-11H2,1-2H3. The molecule has 4 heteroatoms. The van der Waals surface area contributed by atoms with Crippen molar-refractivity contribution in [3.63, 3.8) is 0 Å². The maximum Gasteiger partial charge on any atom is 0.137 e. The van der Waals surface area contributed by atoms with Crippen molar-refractivity contribution >= 4 is 5.65 Å². The fourth-order valence-electron chi connectivity index (χ4n) is 3.14. The van der Waals surface area contributed by atoms with Crippen molar-refractivity contribution in [2.75, 3.05) is 20.1 Å². The van der Waals surface area contributed by atoms with Gasteiger partial charge in [0.1, 0.15) is 5.65 Å². The second kappa shape index (κ2) is 5.94. The Morgan fingerprint density at radius 2 is 2.15 bits per heavy atom. The number of nitrogens with zero attached hydrogens (tertiary/aromatic N) is 3. The van der Waals surface area contributed by atoms with Gasteiger partial charge in [-0.1, -0.05) is 6.07 Å². The van der Waals surface area contributed by atoms with E-state index in [2.05, 4.69) is 52.0 Å². The average molecular weight is 272 g/mol. The highest BCUT2D eigenvalue weighted by Gasteiger charge is 2.23. The summed E-state index contributed by atoms with van der Waals surface area (Å²) in [6.07, 6.45) is 6.79. The fraction of sp³-hybridized carbons (Fsp3) is 0.562. The molecule has 108 valence electrons. The van der Waals surface area contributed by atoms with Crippen molar-refractivity contribution in [1.29, 1.82) is 0 Å². The molecular weight excluding hydrogens is 248 g/mol. The van der Waals surface area contributed by atoms with E-state index in [-0.39, 0.29) is 0 Å². The van der Waals surface area contributed by atoms with E-state index in [0.717, 1.165) is 18.1 Å². The number of imidazole rings is 1. The van der Waals surface area contributed by atoms with Gasteiger partial charge < -0.3 is 9.72 Å². The quantitative estimate of drug-likeness (QED) is 0.925. The van der Waals surface area contributed by atoms with E-state index in [4.69, 9.17) is 0 Å². The predicted molar refractivity (Wildman–Crippen MR) is 81.7 cm³/mol. The molecule has 1 aliphatic heterocycles. The molecule has 0 aromatic carbocycles. The molecule has 0 spiro atoms. The number of pyridine rings is 1. The summed E-state index contributed by atoms with van der Waals surface area (Å²) in [4.78, 5) is 7.21. The van der Waals surface area contributed by atoms with Gasteiger partial charge >= 0.3 is 0 Å². The zero-order chi connectivity index (χ0) is 13.9. The first-order chi connectivity index (χ1) is 9.76. The van der Waals surface area contributed by atoms with Gasteiger partial charge in [0.25, 0.3) is 0 Å². The lowest BCUT2D eigenvalue weighted by Crippen LogP contribution is -2.40. The molecule has 0 radical (unpaired) electrons. The summed E-state index contributed by atoms with van der Waals surface area (Å²) < 4.78 is 2.10. The Bertz CT molecular complexity index is 521. The van der Waals surface area contributed by atoms with Crippen LogP contribution in [0.25, 0.3) is 5.65 Å². The summed E-state index contributed by atoms with van der Waals surface area (Å²) in [7, 11) is 2.06. The van der Waals surface area contributed by atoms with E-state index in [1.807, 2.05) is 12.1 Å². The third-order valence-electron chi connectivity index (χ3n) is 4.59. The van der Waals surface area contributed by atoms with Gasteiger partial charge in [0.05, 0.1) is 5.69 Å². The average Bonchev–Trinajstić information content (AvgIpc) is 2.89. The van der Waals surface area contributed by atoms with Crippen LogP contribution in [0.2, 0.25) is 0 Å². The molecule has 0 saturated carbocycles. The van der Waals surface area contributed by atoms with Gasteiger partial charge in [0.15, 0.2) is 0 Å². The molecule has 1 aliphatic rings. The van der Waals surface area contributed by atoms with E-state index >= 15 is 0 Å². The Balaban J connectivity index is 1.59. The lowest BCUT2D eigenvalue weighted by Gasteiger charge is -2.34. The number of nitrogens with one attached hydrogen (secondary N) is 1. The Labute approximate surface area is 120 Å². The summed E-state index contributed by atoms with van der Waals surface area (Å²) in [6.45, 7) is 5.64. The van der Waals surface area contributed by atoms with E-state index in [1.54, 1.807) is 0 Å². The molecule has 3 rings (SSSR count). The Morgan fingerprint density at radius 1 is 1.35 bits per heavy atom.